The van der Waals surface area contributed by atoms with Gasteiger partial charge in [0.2, 0.25) is 0 Å². The molecule has 27 heavy (non-hydrogen) atoms. The predicted octanol–water partition coefficient (Wildman–Crippen LogP) is 3.36. The summed E-state index contributed by atoms with van der Waals surface area (Å²) in [4.78, 5) is 4.66. The number of hydrogen-bond acceptors (Lipinski definition) is 3. The molecule has 6 heteroatoms. The Morgan fingerprint density at radius 1 is 1.26 bits per heavy atom. The van der Waals surface area contributed by atoms with E-state index in [4.69, 9.17) is 4.74 Å². The third kappa shape index (κ3) is 6.78. The van der Waals surface area contributed by atoms with Gasteiger partial charge >= 0.3 is 0 Å². The second kappa shape index (κ2) is 11.2. The fraction of sp³-hybridized carbons (Fsp3) is 0.667. The number of aliphatic hydroxyl groups excluding tert-OH is 1. The number of benzene rings is 1. The first kappa shape index (κ1) is 21.6. The average molecular weight is 380 g/mol. The minimum atomic E-state index is -0.252. The summed E-state index contributed by atoms with van der Waals surface area (Å²) in [6, 6.07) is 5.04. The molecule has 1 aromatic rings. The number of ether oxygens (including phenoxy) is 1. The molecule has 0 amide bonds. The van der Waals surface area contributed by atoms with Crippen LogP contribution in [0.3, 0.4) is 0 Å². The number of halogens is 1. The van der Waals surface area contributed by atoms with Crippen LogP contribution in [0.4, 0.5) is 4.39 Å². The van der Waals surface area contributed by atoms with Crippen LogP contribution in [0, 0.1) is 11.2 Å². The van der Waals surface area contributed by atoms with E-state index >= 15 is 0 Å². The normalized spacial score (nSPS) is 17.0. The molecule has 1 aromatic carbocycles. The van der Waals surface area contributed by atoms with Crippen LogP contribution in [-0.4, -0.2) is 37.9 Å². The summed E-state index contributed by atoms with van der Waals surface area (Å²) in [6.07, 6.45) is 6.88. The lowest BCUT2D eigenvalue weighted by molar-refractivity contribution is 0.131. The number of nitrogens with zero attached hydrogens (tertiary/aromatic N) is 1. The lowest BCUT2D eigenvalue weighted by Gasteiger charge is -2.37. The molecule has 1 aliphatic rings. The summed E-state index contributed by atoms with van der Waals surface area (Å²) in [5, 5.41) is 16.2. The zero-order valence-corrected chi connectivity index (χ0v) is 16.7. The molecule has 3 N–H and O–H groups in total. The maximum Gasteiger partial charge on any atom is 0.191 e. The van der Waals surface area contributed by atoms with Crippen LogP contribution in [0.15, 0.2) is 23.2 Å². The fourth-order valence-electron chi connectivity index (χ4n) is 3.83. The van der Waals surface area contributed by atoms with Gasteiger partial charge in [0.1, 0.15) is 5.82 Å². The van der Waals surface area contributed by atoms with Gasteiger partial charge in [0, 0.05) is 32.4 Å². The van der Waals surface area contributed by atoms with E-state index in [0.717, 1.165) is 43.9 Å². The van der Waals surface area contributed by atoms with Gasteiger partial charge in [-0.1, -0.05) is 25.3 Å². The zero-order chi connectivity index (χ0) is 19.5. The topological polar surface area (TPSA) is 65.9 Å². The first-order valence-corrected chi connectivity index (χ1v) is 10.0. The largest absolute Gasteiger partial charge is 0.396 e. The molecule has 0 spiro atoms. The third-order valence-corrected chi connectivity index (χ3v) is 5.36. The summed E-state index contributed by atoms with van der Waals surface area (Å²) >= 11 is 0. The number of aliphatic hydroxyl groups is 1. The highest BCUT2D eigenvalue weighted by atomic mass is 19.1. The Morgan fingerprint density at radius 2 is 2.04 bits per heavy atom. The van der Waals surface area contributed by atoms with E-state index in [-0.39, 0.29) is 24.4 Å². The van der Waals surface area contributed by atoms with Gasteiger partial charge in [-0.15, -0.1) is 0 Å². The van der Waals surface area contributed by atoms with Gasteiger partial charge in [-0.05, 0) is 49.3 Å². The molecule has 0 bridgehead atoms. The van der Waals surface area contributed by atoms with E-state index in [1.165, 1.54) is 25.3 Å². The third-order valence-electron chi connectivity index (χ3n) is 5.36. The summed E-state index contributed by atoms with van der Waals surface area (Å²) in [5.41, 5.74) is 1.65. The lowest BCUT2D eigenvalue weighted by atomic mass is 9.72. The first-order chi connectivity index (χ1) is 13.1. The van der Waals surface area contributed by atoms with Gasteiger partial charge in [-0.3, -0.25) is 0 Å². The predicted molar refractivity (Wildman–Crippen MR) is 107 cm³/mol. The van der Waals surface area contributed by atoms with Crippen molar-refractivity contribution in [2.45, 2.75) is 58.6 Å². The summed E-state index contributed by atoms with van der Waals surface area (Å²) in [6.45, 7) is 4.59. The molecule has 0 saturated heterocycles. The minimum absolute atomic E-state index is 0.157. The maximum absolute atomic E-state index is 13.8. The summed E-state index contributed by atoms with van der Waals surface area (Å²) in [5.74, 6) is 0.510. The van der Waals surface area contributed by atoms with E-state index in [1.54, 1.807) is 19.2 Å². The Kier molecular flexibility index (Phi) is 9.01. The Labute approximate surface area is 162 Å². The van der Waals surface area contributed by atoms with Crippen molar-refractivity contribution in [3.05, 3.63) is 35.1 Å². The molecule has 0 radical (unpaired) electrons. The second-order valence-corrected chi connectivity index (χ2v) is 7.44. The van der Waals surface area contributed by atoms with Crippen molar-refractivity contribution in [2.24, 2.45) is 10.4 Å². The van der Waals surface area contributed by atoms with Crippen LogP contribution < -0.4 is 10.6 Å². The smallest absolute Gasteiger partial charge is 0.191 e. The number of guanidine groups is 1. The molecule has 5 nitrogen and oxygen atoms in total. The van der Waals surface area contributed by atoms with Crippen molar-refractivity contribution in [2.75, 3.05) is 26.8 Å². The zero-order valence-electron chi connectivity index (χ0n) is 16.7. The highest BCUT2D eigenvalue weighted by molar-refractivity contribution is 5.79. The van der Waals surface area contributed by atoms with Crippen molar-refractivity contribution < 1.29 is 14.2 Å². The van der Waals surface area contributed by atoms with Crippen LogP contribution in [0.2, 0.25) is 0 Å². The Morgan fingerprint density at radius 3 is 2.70 bits per heavy atom. The number of hydrogen-bond donors (Lipinski definition) is 3. The quantitative estimate of drug-likeness (QED) is 0.455. The monoisotopic (exact) mass is 379 g/mol. The van der Waals surface area contributed by atoms with Crippen LogP contribution >= 0.6 is 0 Å². The minimum Gasteiger partial charge on any atom is -0.396 e. The Hall–Kier alpha value is -1.66. The van der Waals surface area contributed by atoms with E-state index in [1.807, 2.05) is 6.92 Å². The van der Waals surface area contributed by atoms with E-state index < -0.39 is 0 Å². The van der Waals surface area contributed by atoms with Crippen LogP contribution in [0.25, 0.3) is 0 Å². The molecule has 1 fully saturated rings. The van der Waals surface area contributed by atoms with Gasteiger partial charge < -0.3 is 20.5 Å². The highest BCUT2D eigenvalue weighted by Crippen LogP contribution is 2.38. The number of rotatable bonds is 9. The van der Waals surface area contributed by atoms with Crippen LogP contribution in [0.1, 0.15) is 56.6 Å². The molecule has 2 rings (SSSR count). The second-order valence-electron chi connectivity index (χ2n) is 7.44. The van der Waals surface area contributed by atoms with Crippen LogP contribution in [-0.2, 0) is 17.9 Å². The molecule has 0 unspecified atom stereocenters. The van der Waals surface area contributed by atoms with Crippen molar-refractivity contribution in [3.63, 3.8) is 0 Å². The first-order valence-electron chi connectivity index (χ1n) is 10.0. The molecule has 0 aromatic heterocycles. The lowest BCUT2D eigenvalue weighted by Crippen LogP contribution is -2.44. The van der Waals surface area contributed by atoms with Gasteiger partial charge in [0.05, 0.1) is 13.2 Å². The van der Waals surface area contributed by atoms with E-state index in [2.05, 4.69) is 15.6 Å². The van der Waals surface area contributed by atoms with Crippen molar-refractivity contribution in [1.82, 2.24) is 10.6 Å². The van der Waals surface area contributed by atoms with Gasteiger partial charge in [0.15, 0.2) is 5.96 Å². The molecular formula is C21H34FN3O2. The molecule has 0 heterocycles. The average Bonchev–Trinajstić information content (AvgIpc) is 2.67. The molecule has 1 saturated carbocycles. The maximum atomic E-state index is 13.8. The van der Waals surface area contributed by atoms with Crippen molar-refractivity contribution in [1.29, 1.82) is 0 Å². The molecular weight excluding hydrogens is 345 g/mol. The molecule has 0 atom stereocenters. The molecule has 1 aliphatic carbocycles. The molecule has 0 aliphatic heterocycles. The summed E-state index contributed by atoms with van der Waals surface area (Å²) in [7, 11) is 1.56. The van der Waals surface area contributed by atoms with Crippen molar-refractivity contribution >= 4 is 5.96 Å². The SMILES string of the molecule is CCNC(=NCc1ccc(F)c(COC)c1)NCC1(CCO)CCCCC1. The Balaban J connectivity index is 2.02. The van der Waals surface area contributed by atoms with Gasteiger partial charge in [-0.2, -0.15) is 0 Å². The van der Waals surface area contributed by atoms with E-state index in [0.29, 0.717) is 12.1 Å². The Bertz CT molecular complexity index is 596. The molecule has 152 valence electrons. The number of methoxy groups -OCH3 is 1. The van der Waals surface area contributed by atoms with E-state index in [9.17, 15) is 9.50 Å². The number of nitrogens with one attached hydrogen (secondary N) is 2. The standard InChI is InChI=1S/C21H34FN3O2/c1-3-23-20(25-16-21(11-12-26)9-5-4-6-10-21)24-14-17-7-8-19(22)18(13-17)15-27-2/h7-8,13,26H,3-6,9-12,14-16H2,1-2H3,(H2,23,24,25). The number of aliphatic imine (C=N–C) groups is 1. The highest BCUT2D eigenvalue weighted by Gasteiger charge is 2.31. The van der Waals surface area contributed by atoms with Gasteiger partial charge in [0.25, 0.3) is 0 Å². The van der Waals surface area contributed by atoms with Gasteiger partial charge in [-0.25, -0.2) is 9.38 Å². The summed E-state index contributed by atoms with van der Waals surface area (Å²) < 4.78 is 18.8. The van der Waals surface area contributed by atoms with Crippen LogP contribution in [0.5, 0.6) is 0 Å². The van der Waals surface area contributed by atoms with Crippen molar-refractivity contribution in [3.8, 4) is 0 Å². The fourth-order valence-corrected chi connectivity index (χ4v) is 3.83.